The van der Waals surface area contributed by atoms with Crippen molar-refractivity contribution in [3.8, 4) is 0 Å². The summed E-state index contributed by atoms with van der Waals surface area (Å²) in [5, 5.41) is 1.34. The van der Waals surface area contributed by atoms with Crippen molar-refractivity contribution in [3.05, 3.63) is 36.4 Å². The first-order valence-corrected chi connectivity index (χ1v) is 3.81. The van der Waals surface area contributed by atoms with Gasteiger partial charge in [0, 0.05) is 12.4 Å². The second-order valence-corrected chi connectivity index (χ2v) is 2.91. The Balaban J connectivity index is 2.95. The molecule has 0 aliphatic heterocycles. The van der Waals surface area contributed by atoms with Gasteiger partial charge in [-0.3, -0.25) is 0 Å². The van der Waals surface area contributed by atoms with Gasteiger partial charge < -0.3 is 4.40 Å². The standard InChI is InChI=1S/C7H6NP/c1-2-4-8-5-6-9-7(8)3-1/h1-6H. The Morgan fingerprint density at radius 2 is 2.22 bits per heavy atom. The third-order valence-electron chi connectivity index (χ3n) is 1.30. The zero-order chi connectivity index (χ0) is 6.10. The van der Waals surface area contributed by atoms with E-state index in [1.54, 1.807) is 0 Å². The summed E-state index contributed by atoms with van der Waals surface area (Å²) in [6.07, 6.45) is 4.14. The van der Waals surface area contributed by atoms with Crippen molar-refractivity contribution in [2.45, 2.75) is 0 Å². The number of pyridine rings is 1. The molecule has 0 amide bonds. The minimum Gasteiger partial charge on any atom is -0.320 e. The Morgan fingerprint density at radius 3 is 3.11 bits per heavy atom. The molecule has 0 N–H and O–H groups in total. The summed E-state index contributed by atoms with van der Waals surface area (Å²) >= 11 is 0. The van der Waals surface area contributed by atoms with Gasteiger partial charge in [-0.25, -0.2) is 0 Å². The summed E-state index contributed by atoms with van der Waals surface area (Å²) in [6.45, 7) is 0. The molecule has 0 aliphatic carbocycles. The van der Waals surface area contributed by atoms with Gasteiger partial charge in [-0.2, -0.15) is 0 Å². The zero-order valence-electron chi connectivity index (χ0n) is 4.86. The number of hydrogen-bond donors (Lipinski definition) is 0. The van der Waals surface area contributed by atoms with Gasteiger partial charge in [0.05, 0.1) is 5.25 Å². The molecule has 0 radical (unpaired) electrons. The van der Waals surface area contributed by atoms with Crippen LogP contribution in [0.1, 0.15) is 0 Å². The van der Waals surface area contributed by atoms with E-state index < -0.39 is 0 Å². The van der Waals surface area contributed by atoms with Crippen LogP contribution in [0.2, 0.25) is 0 Å². The van der Waals surface area contributed by atoms with E-state index in [0.29, 0.717) is 0 Å². The normalized spacial score (nSPS) is 11.1. The van der Waals surface area contributed by atoms with E-state index in [9.17, 15) is 0 Å². The summed E-state index contributed by atoms with van der Waals surface area (Å²) in [5.74, 6) is 2.13. The van der Waals surface area contributed by atoms with E-state index in [0.717, 1.165) is 0 Å². The Labute approximate surface area is 55.0 Å². The van der Waals surface area contributed by atoms with Crippen molar-refractivity contribution in [2.75, 3.05) is 0 Å². The van der Waals surface area contributed by atoms with Crippen molar-refractivity contribution in [1.29, 1.82) is 0 Å². The predicted octanol–water partition coefficient (Wildman–Crippen LogP) is 2.52. The first kappa shape index (κ1) is 5.01. The van der Waals surface area contributed by atoms with E-state index in [4.69, 9.17) is 0 Å². The van der Waals surface area contributed by atoms with Crippen LogP contribution in [0.15, 0.2) is 36.4 Å². The van der Waals surface area contributed by atoms with Crippen LogP contribution in [0.4, 0.5) is 0 Å². The molecule has 0 unspecified atom stereocenters. The lowest BCUT2D eigenvalue weighted by atomic mass is 10.5. The largest absolute Gasteiger partial charge is 0.320 e. The fourth-order valence-electron chi connectivity index (χ4n) is 0.864. The molecule has 2 heteroatoms. The molecule has 2 aromatic rings. The molecule has 0 aromatic carbocycles. The smallest absolute Gasteiger partial charge is 0.0723 e. The van der Waals surface area contributed by atoms with Gasteiger partial charge in [0.1, 0.15) is 0 Å². The lowest BCUT2D eigenvalue weighted by Crippen LogP contribution is -1.74. The van der Waals surface area contributed by atoms with Crippen LogP contribution >= 0.6 is 8.19 Å². The van der Waals surface area contributed by atoms with Crippen LogP contribution in [0.3, 0.4) is 0 Å². The Kier molecular flexibility index (Phi) is 1.03. The summed E-state index contributed by atoms with van der Waals surface area (Å²) in [7, 11) is 1.31. The molecular weight excluding hydrogens is 129 g/mol. The minimum atomic E-state index is 1.31. The van der Waals surface area contributed by atoms with Crippen LogP contribution in [0.25, 0.3) is 5.25 Å². The maximum atomic E-state index is 2.13. The molecule has 0 saturated heterocycles. The third kappa shape index (κ3) is 0.739. The average Bonchev–Trinajstić information content (AvgIpc) is 2.33. The first-order valence-electron chi connectivity index (χ1n) is 2.84. The summed E-state index contributed by atoms with van der Waals surface area (Å²) < 4.78 is 2.13. The number of hydrogen-bond acceptors (Lipinski definition) is 0. The lowest BCUT2D eigenvalue weighted by molar-refractivity contribution is 1.20. The molecule has 2 rings (SSSR count). The first-order chi connectivity index (χ1) is 4.47. The fraction of sp³-hybridized carbons (Fsp3) is 0. The highest BCUT2D eigenvalue weighted by atomic mass is 31.0. The van der Waals surface area contributed by atoms with Crippen molar-refractivity contribution < 1.29 is 0 Å². The molecule has 0 spiro atoms. The van der Waals surface area contributed by atoms with E-state index in [-0.39, 0.29) is 0 Å². The van der Waals surface area contributed by atoms with Crippen molar-refractivity contribution >= 4 is 13.4 Å². The van der Waals surface area contributed by atoms with Gasteiger partial charge in [0.15, 0.2) is 0 Å². The van der Waals surface area contributed by atoms with Crippen LogP contribution < -0.4 is 0 Å². The monoisotopic (exact) mass is 135 g/mol. The number of nitrogens with zero attached hydrogens (tertiary/aromatic N) is 1. The van der Waals surface area contributed by atoms with Crippen molar-refractivity contribution in [1.82, 2.24) is 4.40 Å². The Bertz CT molecular complexity index is 283. The highest BCUT2D eigenvalue weighted by Gasteiger charge is 1.84. The van der Waals surface area contributed by atoms with Crippen LogP contribution in [-0.2, 0) is 0 Å². The molecule has 0 aliphatic rings. The van der Waals surface area contributed by atoms with Gasteiger partial charge in [0.25, 0.3) is 0 Å². The molecule has 0 atom stereocenters. The van der Waals surface area contributed by atoms with E-state index in [1.807, 2.05) is 6.07 Å². The Hall–Kier alpha value is -0.810. The molecule has 9 heavy (non-hydrogen) atoms. The van der Waals surface area contributed by atoms with E-state index >= 15 is 0 Å². The zero-order valence-corrected chi connectivity index (χ0v) is 5.75. The van der Waals surface area contributed by atoms with Crippen LogP contribution in [-0.4, -0.2) is 4.40 Å². The van der Waals surface area contributed by atoms with Gasteiger partial charge in [-0.15, -0.1) is 0 Å². The Morgan fingerprint density at radius 1 is 1.22 bits per heavy atom. The third-order valence-corrected chi connectivity index (χ3v) is 2.23. The predicted molar refractivity (Wildman–Crippen MR) is 39.9 cm³/mol. The molecule has 1 nitrogen and oxygen atoms in total. The SMILES string of the molecule is c1ccn2ccpc2c1. The molecule has 44 valence electrons. The summed E-state index contributed by atoms with van der Waals surface area (Å²) in [5.41, 5.74) is 0. The quantitative estimate of drug-likeness (QED) is 0.522. The average molecular weight is 135 g/mol. The molecule has 0 saturated carbocycles. The van der Waals surface area contributed by atoms with Crippen molar-refractivity contribution in [2.24, 2.45) is 0 Å². The lowest BCUT2D eigenvalue weighted by Gasteiger charge is -1.87. The number of fused-ring (bicyclic) bond motifs is 1. The fourth-order valence-corrected chi connectivity index (χ4v) is 1.67. The van der Waals surface area contributed by atoms with Crippen LogP contribution in [0.5, 0.6) is 0 Å². The number of rotatable bonds is 0. The van der Waals surface area contributed by atoms with Crippen LogP contribution in [0, 0.1) is 0 Å². The molecule has 0 fully saturated rings. The second kappa shape index (κ2) is 1.85. The maximum Gasteiger partial charge on any atom is 0.0723 e. The van der Waals surface area contributed by atoms with Gasteiger partial charge in [-0.05, 0) is 26.1 Å². The van der Waals surface area contributed by atoms with Gasteiger partial charge in [0.2, 0.25) is 0 Å². The number of aromatic nitrogens is 1. The molecular formula is C7H6NP. The van der Waals surface area contributed by atoms with Crippen molar-refractivity contribution in [3.63, 3.8) is 0 Å². The second-order valence-electron chi connectivity index (χ2n) is 1.89. The highest BCUT2D eigenvalue weighted by molar-refractivity contribution is 7.35. The maximum absolute atomic E-state index is 2.13. The molecule has 2 heterocycles. The highest BCUT2D eigenvalue weighted by Crippen LogP contribution is 2.14. The van der Waals surface area contributed by atoms with Gasteiger partial charge >= 0.3 is 0 Å². The molecule has 0 bridgehead atoms. The summed E-state index contributed by atoms with van der Waals surface area (Å²) in [4.78, 5) is 0. The molecule has 2 aromatic heterocycles. The van der Waals surface area contributed by atoms with Gasteiger partial charge in [-0.1, -0.05) is 6.07 Å². The van der Waals surface area contributed by atoms with E-state index in [1.165, 1.54) is 13.4 Å². The summed E-state index contributed by atoms with van der Waals surface area (Å²) in [6, 6.07) is 6.22. The minimum absolute atomic E-state index is 1.31. The topological polar surface area (TPSA) is 4.41 Å². The van der Waals surface area contributed by atoms with E-state index in [2.05, 4.69) is 34.7 Å².